The Morgan fingerprint density at radius 1 is 1.03 bits per heavy atom. The molecule has 0 spiro atoms. The van der Waals surface area contributed by atoms with E-state index in [4.69, 9.17) is 4.74 Å². The molecule has 1 saturated carbocycles. The molecule has 1 N–H and O–H groups in total. The fraction of sp³-hybridized carbons (Fsp3) is 0.333. The summed E-state index contributed by atoms with van der Waals surface area (Å²) in [6, 6.07) is 15.5. The SMILES string of the molecule is COc1cccc(N2C(=O)[C@H]3[C@H]4CCC[C@@H]4c4c([nH]c5ccccc45)[C@@H]3C2=O)c1. The van der Waals surface area contributed by atoms with Gasteiger partial charge in [-0.15, -0.1) is 0 Å². The van der Waals surface area contributed by atoms with Crippen molar-refractivity contribution in [3.8, 4) is 5.75 Å². The van der Waals surface area contributed by atoms with Gasteiger partial charge in [0.15, 0.2) is 0 Å². The molecule has 0 bridgehead atoms. The van der Waals surface area contributed by atoms with E-state index in [1.807, 2.05) is 24.3 Å². The van der Waals surface area contributed by atoms with Gasteiger partial charge in [-0.05, 0) is 48.4 Å². The molecule has 2 aromatic carbocycles. The second kappa shape index (κ2) is 5.96. The third-order valence-corrected chi connectivity index (χ3v) is 7.15. The predicted molar refractivity (Wildman–Crippen MR) is 110 cm³/mol. The molecular weight excluding hydrogens is 364 g/mol. The van der Waals surface area contributed by atoms with E-state index in [-0.39, 0.29) is 23.7 Å². The molecule has 2 amide bonds. The third kappa shape index (κ3) is 2.16. The van der Waals surface area contributed by atoms with Gasteiger partial charge in [-0.2, -0.15) is 0 Å². The molecule has 146 valence electrons. The molecule has 5 heteroatoms. The lowest BCUT2D eigenvalue weighted by molar-refractivity contribution is -0.123. The minimum atomic E-state index is -0.421. The lowest BCUT2D eigenvalue weighted by atomic mass is 9.67. The number of benzene rings is 2. The summed E-state index contributed by atoms with van der Waals surface area (Å²) in [5, 5.41) is 1.21. The minimum Gasteiger partial charge on any atom is -0.497 e. The van der Waals surface area contributed by atoms with Crippen molar-refractivity contribution >= 4 is 28.4 Å². The summed E-state index contributed by atoms with van der Waals surface area (Å²) in [5.74, 6) is 0.351. The number of imide groups is 1. The van der Waals surface area contributed by atoms with Gasteiger partial charge in [-0.3, -0.25) is 9.59 Å². The Morgan fingerprint density at radius 2 is 1.90 bits per heavy atom. The zero-order valence-electron chi connectivity index (χ0n) is 16.2. The Balaban J connectivity index is 1.54. The highest BCUT2D eigenvalue weighted by atomic mass is 16.5. The maximum Gasteiger partial charge on any atom is 0.243 e. The van der Waals surface area contributed by atoms with Gasteiger partial charge in [0.2, 0.25) is 11.8 Å². The van der Waals surface area contributed by atoms with Gasteiger partial charge < -0.3 is 9.72 Å². The zero-order chi connectivity index (χ0) is 19.7. The molecule has 0 radical (unpaired) electrons. The van der Waals surface area contributed by atoms with E-state index in [0.717, 1.165) is 30.5 Å². The molecule has 1 saturated heterocycles. The molecule has 3 aromatic rings. The van der Waals surface area contributed by atoms with Crippen molar-refractivity contribution in [1.82, 2.24) is 4.98 Å². The summed E-state index contributed by atoms with van der Waals surface area (Å²) in [5.41, 5.74) is 3.89. The highest BCUT2D eigenvalue weighted by Crippen LogP contribution is 2.58. The average molecular weight is 386 g/mol. The number of aromatic nitrogens is 1. The molecule has 1 aromatic heterocycles. The molecular formula is C24H22N2O3. The summed E-state index contributed by atoms with van der Waals surface area (Å²) >= 11 is 0. The summed E-state index contributed by atoms with van der Waals surface area (Å²) in [6.45, 7) is 0. The maximum absolute atomic E-state index is 13.6. The lowest BCUT2D eigenvalue weighted by Gasteiger charge is -2.33. The Kier molecular flexibility index (Phi) is 3.46. The van der Waals surface area contributed by atoms with Crippen LogP contribution in [0.15, 0.2) is 48.5 Å². The molecule has 0 unspecified atom stereocenters. The fourth-order valence-electron chi connectivity index (χ4n) is 6.04. The van der Waals surface area contributed by atoms with Crippen molar-refractivity contribution in [3.63, 3.8) is 0 Å². The highest BCUT2D eigenvalue weighted by molar-refractivity contribution is 6.24. The third-order valence-electron chi connectivity index (χ3n) is 7.15. The van der Waals surface area contributed by atoms with Crippen molar-refractivity contribution in [2.24, 2.45) is 11.8 Å². The van der Waals surface area contributed by atoms with Gasteiger partial charge in [-0.1, -0.05) is 30.7 Å². The van der Waals surface area contributed by atoms with Crippen LogP contribution in [-0.2, 0) is 9.59 Å². The number of carbonyl (C=O) groups is 2. The van der Waals surface area contributed by atoms with E-state index in [1.54, 1.807) is 13.2 Å². The number of methoxy groups -OCH3 is 1. The van der Waals surface area contributed by atoms with Crippen molar-refractivity contribution in [2.45, 2.75) is 31.1 Å². The van der Waals surface area contributed by atoms with E-state index >= 15 is 0 Å². The maximum atomic E-state index is 13.6. The molecule has 3 aliphatic rings. The first-order valence-electron chi connectivity index (χ1n) is 10.3. The van der Waals surface area contributed by atoms with Gasteiger partial charge in [0.05, 0.1) is 24.6 Å². The number of amides is 2. The molecule has 5 nitrogen and oxygen atoms in total. The Labute approximate surface area is 168 Å². The molecule has 29 heavy (non-hydrogen) atoms. The van der Waals surface area contributed by atoms with Gasteiger partial charge in [0.25, 0.3) is 0 Å². The fourth-order valence-corrected chi connectivity index (χ4v) is 6.04. The zero-order valence-corrected chi connectivity index (χ0v) is 16.2. The van der Waals surface area contributed by atoms with Crippen molar-refractivity contribution in [1.29, 1.82) is 0 Å². The van der Waals surface area contributed by atoms with Gasteiger partial charge in [0.1, 0.15) is 5.75 Å². The average Bonchev–Trinajstić information content (AvgIpc) is 3.42. The van der Waals surface area contributed by atoms with Gasteiger partial charge >= 0.3 is 0 Å². The first-order chi connectivity index (χ1) is 14.2. The number of para-hydroxylation sites is 1. The summed E-state index contributed by atoms with van der Waals surface area (Å²) in [7, 11) is 1.59. The number of nitrogens with zero attached hydrogens (tertiary/aromatic N) is 1. The van der Waals surface area contributed by atoms with Gasteiger partial charge in [0, 0.05) is 22.7 Å². The number of nitrogens with one attached hydrogen (secondary N) is 1. The van der Waals surface area contributed by atoms with Crippen LogP contribution >= 0.6 is 0 Å². The quantitative estimate of drug-likeness (QED) is 0.666. The van der Waals surface area contributed by atoms with E-state index in [1.165, 1.54) is 15.8 Å². The molecule has 2 heterocycles. The van der Waals surface area contributed by atoms with Crippen LogP contribution in [0.25, 0.3) is 10.9 Å². The normalized spacial score (nSPS) is 27.8. The number of H-pyrrole nitrogens is 1. The van der Waals surface area contributed by atoms with Crippen LogP contribution in [0.2, 0.25) is 0 Å². The molecule has 4 atom stereocenters. The first-order valence-corrected chi connectivity index (χ1v) is 10.3. The summed E-state index contributed by atoms with van der Waals surface area (Å²) in [4.78, 5) is 32.1. The molecule has 6 rings (SSSR count). The number of carbonyl (C=O) groups excluding carboxylic acids is 2. The molecule has 2 aliphatic carbocycles. The number of fused-ring (bicyclic) bond motifs is 8. The van der Waals surface area contributed by atoms with Crippen molar-refractivity contribution in [2.75, 3.05) is 12.0 Å². The standard InChI is InChI=1S/C24H22N2O3/c1-29-14-7-4-6-13(12-14)26-23(27)20-16-10-5-9-15(16)19-17-8-2-3-11-18(17)25-22(19)21(20)24(26)28/h2-4,6-8,11-12,15-16,20-21,25H,5,9-10H2,1H3/t15-,16-,20-,21+/m0/s1. The molecule has 2 fully saturated rings. The van der Waals surface area contributed by atoms with E-state index < -0.39 is 5.92 Å². The van der Waals surface area contributed by atoms with E-state index in [0.29, 0.717) is 17.4 Å². The monoisotopic (exact) mass is 386 g/mol. The summed E-state index contributed by atoms with van der Waals surface area (Å²) in [6.07, 6.45) is 3.21. The Morgan fingerprint density at radius 3 is 2.76 bits per heavy atom. The van der Waals surface area contributed by atoms with Crippen LogP contribution in [0.4, 0.5) is 5.69 Å². The predicted octanol–water partition coefficient (Wildman–Crippen LogP) is 4.35. The van der Waals surface area contributed by atoms with Crippen molar-refractivity contribution < 1.29 is 14.3 Å². The van der Waals surface area contributed by atoms with Crippen molar-refractivity contribution in [3.05, 3.63) is 59.8 Å². The van der Waals surface area contributed by atoms with Crippen LogP contribution in [0.1, 0.15) is 42.4 Å². The Hall–Kier alpha value is -3.08. The number of hydrogen-bond donors (Lipinski definition) is 1. The largest absolute Gasteiger partial charge is 0.497 e. The number of aromatic amines is 1. The second-order valence-electron chi connectivity index (χ2n) is 8.42. The number of ether oxygens (including phenoxy) is 1. The van der Waals surface area contributed by atoms with Crippen LogP contribution in [0.3, 0.4) is 0 Å². The summed E-state index contributed by atoms with van der Waals surface area (Å²) < 4.78 is 5.31. The van der Waals surface area contributed by atoms with Gasteiger partial charge in [-0.25, -0.2) is 4.90 Å². The van der Waals surface area contributed by atoms with Crippen LogP contribution in [0.5, 0.6) is 5.75 Å². The lowest BCUT2D eigenvalue weighted by Crippen LogP contribution is -2.33. The minimum absolute atomic E-state index is 0.0607. The number of hydrogen-bond acceptors (Lipinski definition) is 3. The Bertz CT molecular complexity index is 1160. The number of anilines is 1. The van der Waals surface area contributed by atoms with Crippen LogP contribution < -0.4 is 9.64 Å². The van der Waals surface area contributed by atoms with Crippen LogP contribution in [-0.4, -0.2) is 23.9 Å². The van der Waals surface area contributed by atoms with E-state index in [2.05, 4.69) is 23.2 Å². The topological polar surface area (TPSA) is 62.4 Å². The number of rotatable bonds is 2. The molecule has 1 aliphatic heterocycles. The smallest absolute Gasteiger partial charge is 0.243 e. The van der Waals surface area contributed by atoms with Crippen LogP contribution in [0, 0.1) is 11.8 Å². The van der Waals surface area contributed by atoms with E-state index in [9.17, 15) is 9.59 Å². The highest BCUT2D eigenvalue weighted by Gasteiger charge is 2.59. The second-order valence-corrected chi connectivity index (χ2v) is 8.42. The first kappa shape index (κ1) is 16.8.